The van der Waals surface area contributed by atoms with E-state index in [4.69, 9.17) is 5.11 Å². The molecule has 2 rings (SSSR count). The number of carbonyl (C=O) groups is 1. The molecule has 0 radical (unpaired) electrons. The van der Waals surface area contributed by atoms with E-state index in [1.54, 1.807) is 12.1 Å². The smallest absolute Gasteiger partial charge is 0.308 e. The Morgan fingerprint density at radius 3 is 2.47 bits per heavy atom. The first-order valence-corrected chi connectivity index (χ1v) is 6.29. The summed E-state index contributed by atoms with van der Waals surface area (Å²) in [6, 6.07) is 6.21. The Morgan fingerprint density at radius 1 is 1.37 bits per heavy atom. The van der Waals surface area contributed by atoms with Gasteiger partial charge < -0.3 is 5.11 Å². The van der Waals surface area contributed by atoms with Gasteiger partial charge in [-0.05, 0) is 11.5 Å². The lowest BCUT2D eigenvalue weighted by Crippen LogP contribution is -2.23. The van der Waals surface area contributed by atoms with E-state index < -0.39 is 12.4 Å². The molecule has 0 saturated carbocycles. The van der Waals surface area contributed by atoms with Crippen molar-refractivity contribution in [3.05, 3.63) is 35.4 Å². The normalized spacial score (nSPS) is 24.0. The minimum Gasteiger partial charge on any atom is -0.481 e. The Labute approximate surface area is 110 Å². The summed E-state index contributed by atoms with van der Waals surface area (Å²) in [5.74, 6) is -0.971. The van der Waals surface area contributed by atoms with Crippen LogP contribution in [0, 0.1) is 11.8 Å². The predicted octanol–water partition coefficient (Wildman–Crippen LogP) is 2.78. The van der Waals surface area contributed by atoms with E-state index in [0.29, 0.717) is 13.1 Å². The molecular weight excluding hydrogens is 252 g/mol. The number of hydrogen-bond acceptors (Lipinski definition) is 2. The number of halogens is 2. The molecule has 5 heteroatoms. The standard InChI is InChI=1S/C14H17F2NO2/c1-9-6-17(8-12(9)14(18)19)7-10-2-4-11(5-3-10)13(15)16/h2-5,9,12-13H,6-8H2,1H3,(H,18,19). The topological polar surface area (TPSA) is 40.5 Å². The maximum atomic E-state index is 12.4. The van der Waals surface area contributed by atoms with Gasteiger partial charge in [0, 0.05) is 25.2 Å². The van der Waals surface area contributed by atoms with Gasteiger partial charge in [-0.25, -0.2) is 8.78 Å². The van der Waals surface area contributed by atoms with Crippen LogP contribution in [-0.4, -0.2) is 29.1 Å². The Morgan fingerprint density at radius 2 is 2.00 bits per heavy atom. The van der Waals surface area contributed by atoms with E-state index in [-0.39, 0.29) is 17.4 Å². The Bertz CT molecular complexity index is 447. The molecule has 3 nitrogen and oxygen atoms in total. The number of carboxylic acid groups (broad SMARTS) is 1. The monoisotopic (exact) mass is 269 g/mol. The third-order valence-electron chi connectivity index (χ3n) is 3.64. The molecule has 2 atom stereocenters. The summed E-state index contributed by atoms with van der Waals surface area (Å²) in [6.07, 6.45) is -2.45. The van der Waals surface area contributed by atoms with Gasteiger partial charge in [-0.2, -0.15) is 0 Å². The molecule has 1 saturated heterocycles. The number of aliphatic carboxylic acids is 1. The minimum absolute atomic E-state index is 0.0157. The Hall–Kier alpha value is -1.49. The molecule has 2 unspecified atom stereocenters. The fourth-order valence-corrected chi connectivity index (χ4v) is 2.54. The van der Waals surface area contributed by atoms with Crippen LogP contribution in [0.15, 0.2) is 24.3 Å². The molecule has 1 aromatic carbocycles. The van der Waals surface area contributed by atoms with Gasteiger partial charge in [0.2, 0.25) is 0 Å². The van der Waals surface area contributed by atoms with Gasteiger partial charge >= 0.3 is 5.97 Å². The molecule has 1 N–H and O–H groups in total. The molecule has 104 valence electrons. The summed E-state index contributed by atoms with van der Waals surface area (Å²) >= 11 is 0. The largest absolute Gasteiger partial charge is 0.481 e. The first-order valence-electron chi connectivity index (χ1n) is 6.29. The van der Waals surface area contributed by atoms with Crippen molar-refractivity contribution in [1.29, 1.82) is 0 Å². The summed E-state index contributed by atoms with van der Waals surface area (Å²) < 4.78 is 24.8. The maximum absolute atomic E-state index is 12.4. The van der Waals surface area contributed by atoms with Gasteiger partial charge in [-0.15, -0.1) is 0 Å². The van der Waals surface area contributed by atoms with Crippen LogP contribution in [0.25, 0.3) is 0 Å². The first kappa shape index (κ1) is 13.9. The zero-order chi connectivity index (χ0) is 14.0. The molecule has 1 aliphatic rings. The van der Waals surface area contributed by atoms with Crippen LogP contribution >= 0.6 is 0 Å². The minimum atomic E-state index is -2.45. The van der Waals surface area contributed by atoms with Gasteiger partial charge in [0.1, 0.15) is 0 Å². The summed E-state index contributed by atoms with van der Waals surface area (Å²) in [7, 11) is 0. The van der Waals surface area contributed by atoms with Crippen LogP contribution in [-0.2, 0) is 11.3 Å². The highest BCUT2D eigenvalue weighted by Gasteiger charge is 2.34. The second kappa shape index (κ2) is 5.65. The second-order valence-corrected chi connectivity index (χ2v) is 5.16. The molecule has 19 heavy (non-hydrogen) atoms. The molecule has 0 spiro atoms. The second-order valence-electron chi connectivity index (χ2n) is 5.16. The van der Waals surface area contributed by atoms with E-state index in [0.717, 1.165) is 12.1 Å². The van der Waals surface area contributed by atoms with Crippen molar-refractivity contribution in [1.82, 2.24) is 4.90 Å². The van der Waals surface area contributed by atoms with Crippen molar-refractivity contribution in [3.63, 3.8) is 0 Å². The number of hydrogen-bond donors (Lipinski definition) is 1. The average molecular weight is 269 g/mol. The molecule has 1 fully saturated rings. The van der Waals surface area contributed by atoms with Gasteiger partial charge in [0.15, 0.2) is 0 Å². The van der Waals surface area contributed by atoms with Gasteiger partial charge in [0.05, 0.1) is 5.92 Å². The third kappa shape index (κ3) is 3.29. The fourth-order valence-electron chi connectivity index (χ4n) is 2.54. The van der Waals surface area contributed by atoms with Crippen molar-refractivity contribution in [2.75, 3.05) is 13.1 Å². The van der Waals surface area contributed by atoms with E-state index in [1.807, 2.05) is 6.92 Å². The number of alkyl halides is 2. The highest BCUT2D eigenvalue weighted by molar-refractivity contribution is 5.71. The SMILES string of the molecule is CC1CN(Cc2ccc(C(F)F)cc2)CC1C(=O)O. The number of likely N-dealkylation sites (tertiary alicyclic amines) is 1. The first-order chi connectivity index (χ1) is 8.97. The van der Waals surface area contributed by atoms with Crippen molar-refractivity contribution >= 4 is 5.97 Å². The van der Waals surface area contributed by atoms with Crippen LogP contribution in [0.4, 0.5) is 8.78 Å². The lowest BCUT2D eigenvalue weighted by atomic mass is 9.99. The lowest BCUT2D eigenvalue weighted by Gasteiger charge is -2.15. The molecule has 1 aromatic rings. The van der Waals surface area contributed by atoms with Crippen LogP contribution in [0.5, 0.6) is 0 Å². The molecule has 0 bridgehead atoms. The molecule has 0 aliphatic carbocycles. The fraction of sp³-hybridized carbons (Fsp3) is 0.500. The average Bonchev–Trinajstić information content (AvgIpc) is 2.71. The number of carboxylic acids is 1. The molecule has 0 amide bonds. The van der Waals surface area contributed by atoms with E-state index in [9.17, 15) is 13.6 Å². The molecule has 0 aromatic heterocycles. The molecular formula is C14H17F2NO2. The summed E-state index contributed by atoms with van der Waals surface area (Å²) in [5.41, 5.74) is 0.949. The van der Waals surface area contributed by atoms with E-state index in [1.165, 1.54) is 12.1 Å². The van der Waals surface area contributed by atoms with Crippen LogP contribution in [0.3, 0.4) is 0 Å². The van der Waals surface area contributed by atoms with Crippen LogP contribution in [0.2, 0.25) is 0 Å². The van der Waals surface area contributed by atoms with Crippen molar-refractivity contribution in [2.24, 2.45) is 11.8 Å². The zero-order valence-electron chi connectivity index (χ0n) is 10.7. The number of rotatable bonds is 4. The summed E-state index contributed by atoms with van der Waals surface area (Å²) in [5, 5.41) is 9.05. The third-order valence-corrected chi connectivity index (χ3v) is 3.64. The predicted molar refractivity (Wildman–Crippen MR) is 67.0 cm³/mol. The lowest BCUT2D eigenvalue weighted by molar-refractivity contribution is -0.142. The maximum Gasteiger partial charge on any atom is 0.308 e. The quantitative estimate of drug-likeness (QED) is 0.913. The van der Waals surface area contributed by atoms with Crippen molar-refractivity contribution in [3.8, 4) is 0 Å². The zero-order valence-corrected chi connectivity index (χ0v) is 10.7. The summed E-state index contributed by atoms with van der Waals surface area (Å²) in [4.78, 5) is 13.1. The van der Waals surface area contributed by atoms with Crippen LogP contribution < -0.4 is 0 Å². The Balaban J connectivity index is 1.97. The van der Waals surface area contributed by atoms with Gasteiger partial charge in [-0.1, -0.05) is 31.2 Å². The number of nitrogens with zero attached hydrogens (tertiary/aromatic N) is 1. The molecule has 1 aliphatic heterocycles. The van der Waals surface area contributed by atoms with Gasteiger partial charge in [-0.3, -0.25) is 9.69 Å². The highest BCUT2D eigenvalue weighted by atomic mass is 19.3. The van der Waals surface area contributed by atoms with Crippen molar-refractivity contribution in [2.45, 2.75) is 19.9 Å². The van der Waals surface area contributed by atoms with Gasteiger partial charge in [0.25, 0.3) is 6.43 Å². The number of benzene rings is 1. The van der Waals surface area contributed by atoms with Crippen molar-refractivity contribution < 1.29 is 18.7 Å². The highest BCUT2D eigenvalue weighted by Crippen LogP contribution is 2.25. The Kier molecular flexibility index (Phi) is 4.14. The summed E-state index contributed by atoms with van der Waals surface area (Å²) in [6.45, 7) is 3.79. The van der Waals surface area contributed by atoms with E-state index in [2.05, 4.69) is 4.90 Å². The van der Waals surface area contributed by atoms with E-state index >= 15 is 0 Å². The van der Waals surface area contributed by atoms with Crippen LogP contribution in [0.1, 0.15) is 24.5 Å². The molecule has 1 heterocycles.